The fraction of sp³-hybridized carbons (Fsp3) is 0.320. The molecule has 1 aromatic heterocycles. The number of aliphatic hydroxyl groups excluding tert-OH is 1. The summed E-state index contributed by atoms with van der Waals surface area (Å²) in [5, 5.41) is 20.4. The molecule has 10 heteroatoms. The molecule has 1 heterocycles. The number of aryl methyl sites for hydroxylation is 1. The summed E-state index contributed by atoms with van der Waals surface area (Å²) < 4.78 is 14.9. The minimum atomic E-state index is -0.735. The van der Waals surface area contributed by atoms with Crippen molar-refractivity contribution in [1.29, 1.82) is 5.41 Å². The van der Waals surface area contributed by atoms with Crippen molar-refractivity contribution in [3.63, 3.8) is 0 Å². The monoisotopic (exact) mass is 479 g/mol. The van der Waals surface area contributed by atoms with Gasteiger partial charge in [0.05, 0.1) is 28.9 Å². The first-order chi connectivity index (χ1) is 16.9. The molecule has 1 amide bonds. The average molecular weight is 480 g/mol. The number of aromatic nitrogens is 2. The standard InChI is InChI=1S/C25H26FN5O4/c1-2-5-22(27)28-21(15-32)16-8-13-19-20(14-16)29-23(6-3-4-7-24(33)30-35)31(25(19)34)18-11-9-17(26)10-12-18/h8-14,27,32H,2-7,15H2,1H3/b27-22?,28-21+. The molecule has 0 spiro atoms. The van der Waals surface area contributed by atoms with E-state index in [0.717, 1.165) is 6.42 Å². The number of nitrogens with one attached hydrogen (secondary N) is 1. The molecule has 0 atom stereocenters. The molecule has 0 aliphatic rings. The molecule has 9 nitrogen and oxygen atoms in total. The normalized spacial score (nSPS) is 11.6. The fourth-order valence-electron chi connectivity index (χ4n) is 3.69. The van der Waals surface area contributed by atoms with Gasteiger partial charge in [-0.1, -0.05) is 13.0 Å². The predicted octanol–water partition coefficient (Wildman–Crippen LogP) is 4.09. The van der Waals surface area contributed by atoms with E-state index in [-0.39, 0.29) is 24.4 Å². The predicted molar refractivity (Wildman–Crippen MR) is 132 cm³/mol. The largest absolute Gasteiger partial charge is 0.390 e. The van der Waals surface area contributed by atoms with Crippen molar-refractivity contribution >= 4 is 28.4 Å². The van der Waals surface area contributed by atoms with E-state index >= 15 is 0 Å². The Hall–Kier alpha value is -3.92. The Morgan fingerprint density at radius 2 is 1.89 bits per heavy atom. The second-order valence-electron chi connectivity index (χ2n) is 7.98. The first-order valence-electron chi connectivity index (χ1n) is 11.3. The lowest BCUT2D eigenvalue weighted by atomic mass is 10.1. The number of halogens is 1. The number of benzene rings is 2. The van der Waals surface area contributed by atoms with Crippen molar-refractivity contribution in [3.05, 3.63) is 74.9 Å². The summed E-state index contributed by atoms with van der Waals surface area (Å²) in [7, 11) is 0. The summed E-state index contributed by atoms with van der Waals surface area (Å²) in [5.74, 6) is -0.622. The van der Waals surface area contributed by atoms with Crippen LogP contribution < -0.4 is 5.56 Å². The maximum Gasteiger partial charge on any atom is 0.286 e. The number of fused-ring (bicyclic) bond motifs is 1. The number of carbonyl (C=O) groups is 1. The molecule has 2 aromatic carbocycles. The van der Waals surface area contributed by atoms with E-state index in [9.17, 15) is 24.0 Å². The molecule has 0 saturated carbocycles. The lowest BCUT2D eigenvalue weighted by molar-refractivity contribution is -0.118. The lowest BCUT2D eigenvalue weighted by Crippen LogP contribution is -2.24. The third kappa shape index (κ3) is 6.36. The van der Waals surface area contributed by atoms with Gasteiger partial charge in [-0.2, -0.15) is 0 Å². The van der Waals surface area contributed by atoms with E-state index in [0.29, 0.717) is 59.4 Å². The Morgan fingerprint density at radius 3 is 2.54 bits per heavy atom. The Bertz CT molecular complexity index is 1330. The van der Waals surface area contributed by atoms with Crippen LogP contribution in [0.15, 0.2) is 57.4 Å². The molecule has 3 rings (SSSR count). The third-order valence-electron chi connectivity index (χ3n) is 5.41. The maximum absolute atomic E-state index is 13.5. The average Bonchev–Trinajstić information content (AvgIpc) is 2.85. The zero-order chi connectivity index (χ0) is 25.4. The summed E-state index contributed by atoms with van der Waals surface area (Å²) >= 11 is 0. The van der Waals surface area contributed by atoms with Crippen LogP contribution in [0.1, 0.15) is 50.4 Å². The highest BCUT2D eigenvalue weighted by molar-refractivity contribution is 6.09. The number of hydrogen-bond acceptors (Lipinski definition) is 6. The molecular weight excluding hydrogens is 453 g/mol. The third-order valence-corrected chi connectivity index (χ3v) is 5.41. The Morgan fingerprint density at radius 1 is 1.14 bits per heavy atom. The van der Waals surface area contributed by atoms with Crippen molar-refractivity contribution in [2.75, 3.05) is 6.61 Å². The second kappa shape index (κ2) is 12.0. The number of aliphatic imine (C=N–C) groups is 1. The van der Waals surface area contributed by atoms with Crippen molar-refractivity contribution < 1.29 is 14.3 Å². The lowest BCUT2D eigenvalue weighted by Gasteiger charge is -2.14. The van der Waals surface area contributed by atoms with Crippen LogP contribution in [0.4, 0.5) is 4.39 Å². The highest BCUT2D eigenvalue weighted by atomic mass is 19.1. The Labute approximate surface area is 200 Å². The summed E-state index contributed by atoms with van der Waals surface area (Å²) in [5.41, 5.74) is 1.32. The van der Waals surface area contributed by atoms with Gasteiger partial charge in [-0.3, -0.25) is 19.6 Å². The van der Waals surface area contributed by atoms with E-state index in [1.165, 1.54) is 28.8 Å². The van der Waals surface area contributed by atoms with Crippen LogP contribution in [0.25, 0.3) is 16.6 Å². The van der Waals surface area contributed by atoms with Crippen LogP contribution in [0.2, 0.25) is 0 Å². The van der Waals surface area contributed by atoms with Crippen molar-refractivity contribution in [2.24, 2.45) is 10.2 Å². The molecule has 2 N–H and O–H groups in total. The van der Waals surface area contributed by atoms with Gasteiger partial charge in [0.1, 0.15) is 17.5 Å². The molecule has 0 unspecified atom stereocenters. The van der Waals surface area contributed by atoms with Gasteiger partial charge < -0.3 is 5.11 Å². The van der Waals surface area contributed by atoms with E-state index in [4.69, 9.17) is 5.41 Å². The van der Waals surface area contributed by atoms with Crippen molar-refractivity contribution in [2.45, 2.75) is 45.4 Å². The van der Waals surface area contributed by atoms with Gasteiger partial charge in [-0.15, -0.1) is 4.91 Å². The number of unbranched alkanes of at least 4 members (excludes halogenated alkanes) is 1. The van der Waals surface area contributed by atoms with Crippen LogP contribution in [-0.2, 0) is 11.2 Å². The van der Waals surface area contributed by atoms with Gasteiger partial charge in [0.2, 0.25) is 0 Å². The van der Waals surface area contributed by atoms with Crippen LogP contribution in [0, 0.1) is 16.1 Å². The highest BCUT2D eigenvalue weighted by Gasteiger charge is 2.15. The molecule has 0 fully saturated rings. The number of rotatable bonds is 10. The molecule has 3 aromatic rings. The molecule has 0 radical (unpaired) electrons. The van der Waals surface area contributed by atoms with E-state index in [2.05, 4.69) is 15.2 Å². The first-order valence-corrected chi connectivity index (χ1v) is 11.3. The molecule has 0 saturated heterocycles. The zero-order valence-corrected chi connectivity index (χ0v) is 19.3. The number of nitrogens with zero attached hydrogens (tertiary/aromatic N) is 4. The highest BCUT2D eigenvalue weighted by Crippen LogP contribution is 2.18. The van der Waals surface area contributed by atoms with Crippen LogP contribution >= 0.6 is 0 Å². The van der Waals surface area contributed by atoms with Crippen LogP contribution in [-0.4, -0.2) is 38.7 Å². The summed E-state index contributed by atoms with van der Waals surface area (Å²) in [6.45, 7) is 1.55. The smallest absolute Gasteiger partial charge is 0.286 e. The van der Waals surface area contributed by atoms with Gasteiger partial charge in [0, 0.05) is 30.0 Å². The minimum Gasteiger partial charge on any atom is -0.390 e. The van der Waals surface area contributed by atoms with Gasteiger partial charge in [-0.05, 0) is 55.7 Å². The molecule has 35 heavy (non-hydrogen) atoms. The van der Waals surface area contributed by atoms with Crippen molar-refractivity contribution in [3.8, 4) is 5.69 Å². The molecule has 0 bridgehead atoms. The van der Waals surface area contributed by atoms with E-state index in [1.807, 2.05) is 6.92 Å². The zero-order valence-electron chi connectivity index (χ0n) is 19.3. The van der Waals surface area contributed by atoms with E-state index < -0.39 is 11.7 Å². The minimum absolute atomic E-state index is 0.00204. The molecule has 0 aliphatic heterocycles. The number of nitroso groups, excluding NO2 is 1. The molecular formula is C25H26FN5O4. The maximum atomic E-state index is 13.5. The number of hydrogen-bond donors (Lipinski definition) is 2. The topological polar surface area (TPSA) is 138 Å². The summed E-state index contributed by atoms with van der Waals surface area (Å²) in [6.07, 6.45) is 2.41. The van der Waals surface area contributed by atoms with E-state index in [1.54, 1.807) is 18.2 Å². The number of aliphatic hydroxyl groups is 1. The second-order valence-corrected chi connectivity index (χ2v) is 7.98. The van der Waals surface area contributed by atoms with Gasteiger partial charge in [0.15, 0.2) is 0 Å². The number of carbonyl (C=O) groups excluding carboxylic acids is 1. The number of amides is 1. The van der Waals surface area contributed by atoms with Gasteiger partial charge in [-0.25, -0.2) is 14.4 Å². The SMILES string of the molecule is CCCC(=N)/N=C(\CO)c1ccc2c(=O)n(-c3ccc(F)cc3)c(CCCCC(=O)N=O)nc2c1. The van der Waals surface area contributed by atoms with Gasteiger partial charge in [0.25, 0.3) is 11.5 Å². The fourth-order valence-corrected chi connectivity index (χ4v) is 3.69. The first kappa shape index (κ1) is 25.7. The van der Waals surface area contributed by atoms with Crippen LogP contribution in [0.3, 0.4) is 0 Å². The Kier molecular flexibility index (Phi) is 8.80. The Balaban J connectivity index is 2.08. The summed E-state index contributed by atoms with van der Waals surface area (Å²) in [4.78, 5) is 43.8. The quantitative estimate of drug-likeness (QED) is 0.195. The number of amidine groups is 1. The summed E-state index contributed by atoms with van der Waals surface area (Å²) in [6, 6.07) is 10.4. The van der Waals surface area contributed by atoms with Gasteiger partial charge >= 0.3 is 0 Å². The van der Waals surface area contributed by atoms with Crippen molar-refractivity contribution in [1.82, 2.24) is 9.55 Å². The van der Waals surface area contributed by atoms with Crippen LogP contribution in [0.5, 0.6) is 0 Å². The molecule has 182 valence electrons. The molecule has 0 aliphatic carbocycles.